The first-order chi connectivity index (χ1) is 17.8. The summed E-state index contributed by atoms with van der Waals surface area (Å²) in [7, 11) is 0. The van der Waals surface area contributed by atoms with E-state index in [4.69, 9.17) is 4.74 Å². The first-order valence-corrected chi connectivity index (χ1v) is 11.6. The van der Waals surface area contributed by atoms with Gasteiger partial charge in [0.2, 0.25) is 5.60 Å². The lowest BCUT2D eigenvalue weighted by Crippen LogP contribution is -2.51. The molecule has 38 heavy (non-hydrogen) atoms. The van der Waals surface area contributed by atoms with Gasteiger partial charge >= 0.3 is 6.18 Å². The van der Waals surface area contributed by atoms with Crippen LogP contribution in [0, 0.1) is 12.7 Å². The summed E-state index contributed by atoms with van der Waals surface area (Å²) in [4.78, 5) is 21.3. The Morgan fingerprint density at radius 2 is 1.89 bits per heavy atom. The molecule has 5 rings (SSSR count). The molecule has 1 atom stereocenters. The number of amides is 1. The van der Waals surface area contributed by atoms with E-state index in [0.717, 1.165) is 18.2 Å². The monoisotopic (exact) mass is 529 g/mol. The summed E-state index contributed by atoms with van der Waals surface area (Å²) in [5.74, 6) is -1.18. The molecule has 1 aromatic carbocycles. The third-order valence-corrected chi connectivity index (χ3v) is 6.55. The van der Waals surface area contributed by atoms with Crippen LogP contribution in [0.2, 0.25) is 0 Å². The number of hydrogen-bond donors (Lipinski definition) is 2. The van der Waals surface area contributed by atoms with Crippen molar-refractivity contribution in [2.45, 2.75) is 38.0 Å². The molecule has 0 spiro atoms. The Kier molecular flexibility index (Phi) is 5.90. The fourth-order valence-electron chi connectivity index (χ4n) is 4.29. The highest BCUT2D eigenvalue weighted by Gasteiger charge is 2.57. The maximum atomic E-state index is 14.5. The molecule has 12 heteroatoms. The van der Waals surface area contributed by atoms with E-state index in [2.05, 4.69) is 20.4 Å². The maximum absolute atomic E-state index is 14.5. The van der Waals surface area contributed by atoms with Crippen molar-refractivity contribution in [1.29, 1.82) is 0 Å². The minimum atomic E-state index is -5.22. The number of fused-ring (bicyclic) bond motifs is 2. The van der Waals surface area contributed by atoms with E-state index in [1.54, 1.807) is 33.0 Å². The third kappa shape index (κ3) is 4.24. The van der Waals surface area contributed by atoms with Crippen molar-refractivity contribution < 1.29 is 32.2 Å². The van der Waals surface area contributed by atoms with Crippen molar-refractivity contribution in [3.63, 3.8) is 0 Å². The van der Waals surface area contributed by atoms with Crippen molar-refractivity contribution in [1.82, 2.24) is 24.9 Å². The number of carbonyl (C=O) groups excluding carboxylic acids is 1. The van der Waals surface area contributed by atoms with Crippen LogP contribution in [0.4, 0.5) is 17.6 Å². The molecule has 0 aliphatic carbocycles. The fourth-order valence-corrected chi connectivity index (χ4v) is 4.29. The summed E-state index contributed by atoms with van der Waals surface area (Å²) in [5.41, 5.74) is -3.56. The minimum absolute atomic E-state index is 0.0272. The zero-order valence-corrected chi connectivity index (χ0v) is 20.6. The molecule has 3 aromatic heterocycles. The molecule has 1 aliphatic rings. The summed E-state index contributed by atoms with van der Waals surface area (Å²) >= 11 is 0. The van der Waals surface area contributed by atoms with Gasteiger partial charge in [-0.25, -0.2) is 18.9 Å². The predicted octanol–water partition coefficient (Wildman–Crippen LogP) is 4.09. The van der Waals surface area contributed by atoms with Gasteiger partial charge in [0.05, 0.1) is 25.0 Å². The van der Waals surface area contributed by atoms with Crippen molar-refractivity contribution in [3.05, 3.63) is 77.1 Å². The highest BCUT2D eigenvalue weighted by atomic mass is 19.4. The second-order valence-corrected chi connectivity index (χ2v) is 9.85. The van der Waals surface area contributed by atoms with Gasteiger partial charge in [-0.15, -0.1) is 0 Å². The summed E-state index contributed by atoms with van der Waals surface area (Å²) in [6, 6.07) is 7.84. The molecule has 0 saturated carbocycles. The van der Waals surface area contributed by atoms with Gasteiger partial charge in [0.1, 0.15) is 22.8 Å². The molecular weight excluding hydrogens is 506 g/mol. The van der Waals surface area contributed by atoms with Crippen LogP contribution in [-0.4, -0.2) is 49.9 Å². The average Bonchev–Trinajstić information content (AvgIpc) is 3.41. The van der Waals surface area contributed by atoms with Crippen LogP contribution in [0.3, 0.4) is 0 Å². The van der Waals surface area contributed by atoms with Crippen LogP contribution >= 0.6 is 0 Å². The third-order valence-electron chi connectivity index (χ3n) is 6.55. The van der Waals surface area contributed by atoms with Gasteiger partial charge in [-0.05, 0) is 43.3 Å². The number of aromatic nitrogens is 4. The molecule has 0 radical (unpaired) electrons. The van der Waals surface area contributed by atoms with E-state index < -0.39 is 41.2 Å². The quantitative estimate of drug-likeness (QED) is 0.378. The van der Waals surface area contributed by atoms with Crippen molar-refractivity contribution in [2.24, 2.45) is 0 Å². The Hall–Kier alpha value is -4.06. The van der Waals surface area contributed by atoms with Gasteiger partial charge in [-0.2, -0.15) is 18.3 Å². The lowest BCUT2D eigenvalue weighted by Gasteiger charge is -2.31. The topological polar surface area (TPSA) is 102 Å². The van der Waals surface area contributed by atoms with Gasteiger partial charge in [-0.3, -0.25) is 4.79 Å². The molecule has 0 saturated heterocycles. The van der Waals surface area contributed by atoms with E-state index in [1.165, 1.54) is 22.8 Å². The molecule has 0 unspecified atom stereocenters. The summed E-state index contributed by atoms with van der Waals surface area (Å²) in [6.07, 6.45) is -2.47. The second-order valence-electron chi connectivity index (χ2n) is 9.85. The summed E-state index contributed by atoms with van der Waals surface area (Å²) in [5, 5.41) is 17.3. The smallest absolute Gasteiger partial charge is 0.424 e. The van der Waals surface area contributed by atoms with E-state index in [0.29, 0.717) is 16.8 Å². The fraction of sp³-hybridized carbons (Fsp3) is 0.308. The Morgan fingerprint density at radius 1 is 1.18 bits per heavy atom. The van der Waals surface area contributed by atoms with Gasteiger partial charge < -0.3 is 15.2 Å². The Balaban J connectivity index is 1.57. The van der Waals surface area contributed by atoms with Gasteiger partial charge in [0.25, 0.3) is 5.91 Å². The number of rotatable bonds is 5. The zero-order valence-electron chi connectivity index (χ0n) is 20.6. The first-order valence-electron chi connectivity index (χ1n) is 11.6. The van der Waals surface area contributed by atoms with E-state index in [1.807, 2.05) is 0 Å². The number of nitrogens with one attached hydrogen (secondary N) is 1. The number of hydrogen-bond acceptors (Lipinski definition) is 6. The average molecular weight is 529 g/mol. The predicted molar refractivity (Wildman–Crippen MR) is 128 cm³/mol. The Morgan fingerprint density at radius 3 is 2.58 bits per heavy atom. The minimum Gasteiger partial charge on any atom is -0.490 e. The van der Waals surface area contributed by atoms with Crippen LogP contribution in [-0.2, 0) is 11.0 Å². The van der Waals surface area contributed by atoms with Crippen LogP contribution in [0.15, 0.2) is 48.8 Å². The number of aryl methyl sites for hydroxylation is 1. The lowest BCUT2D eigenvalue weighted by molar-refractivity contribution is -0.265. The standard InChI is InChI=1S/C26H23F4N5O3/c1-14-8-9-35-22(33-14)17(11-32-35)23(36)31-12-25(37,26(28,29)30)19-10-18-21(38-13-24(18,2)3)20(34-19)15-4-6-16(27)7-5-15/h4-11,37H,12-13H2,1-3H3,(H,31,36)/t25-/m0/s1. The number of pyridine rings is 1. The second kappa shape index (κ2) is 8.76. The molecule has 4 heterocycles. The van der Waals surface area contributed by atoms with E-state index >= 15 is 0 Å². The molecule has 4 aromatic rings. The lowest BCUT2D eigenvalue weighted by atomic mass is 9.84. The number of ether oxygens (including phenoxy) is 1. The SMILES string of the molecule is Cc1ccn2ncc(C(=O)NC[C@](O)(c3cc4c(c(-c5ccc(F)cc5)n3)OCC4(C)C)C(F)(F)F)c2n1. The molecule has 8 nitrogen and oxygen atoms in total. The molecule has 1 aliphatic heterocycles. The van der Waals surface area contributed by atoms with Crippen LogP contribution in [0.1, 0.15) is 41.2 Å². The van der Waals surface area contributed by atoms with Crippen LogP contribution < -0.4 is 10.1 Å². The molecule has 0 fully saturated rings. The molecule has 1 amide bonds. The largest absolute Gasteiger partial charge is 0.490 e. The number of nitrogens with zero attached hydrogens (tertiary/aromatic N) is 4. The van der Waals surface area contributed by atoms with Gasteiger partial charge in [0, 0.05) is 28.4 Å². The number of alkyl halides is 3. The summed E-state index contributed by atoms with van der Waals surface area (Å²) in [6.45, 7) is 4.20. The highest BCUT2D eigenvalue weighted by Crippen LogP contribution is 2.47. The Bertz CT molecular complexity index is 1550. The molecule has 0 bridgehead atoms. The van der Waals surface area contributed by atoms with Crippen molar-refractivity contribution >= 4 is 11.6 Å². The number of benzene rings is 1. The number of carbonyl (C=O) groups is 1. The van der Waals surface area contributed by atoms with Crippen LogP contribution in [0.25, 0.3) is 16.9 Å². The number of aliphatic hydroxyl groups is 1. The van der Waals surface area contributed by atoms with Crippen molar-refractivity contribution in [2.75, 3.05) is 13.2 Å². The van der Waals surface area contributed by atoms with E-state index in [-0.39, 0.29) is 29.3 Å². The normalized spacial score (nSPS) is 16.1. The molecule has 2 N–H and O–H groups in total. The maximum Gasteiger partial charge on any atom is 0.424 e. The zero-order chi connectivity index (χ0) is 27.5. The number of halogens is 4. The van der Waals surface area contributed by atoms with Crippen molar-refractivity contribution in [3.8, 4) is 17.0 Å². The first kappa shape index (κ1) is 25.6. The summed E-state index contributed by atoms with van der Waals surface area (Å²) < 4.78 is 64.0. The highest BCUT2D eigenvalue weighted by molar-refractivity contribution is 5.99. The Labute approximate surface area is 214 Å². The van der Waals surface area contributed by atoms with Crippen LogP contribution in [0.5, 0.6) is 5.75 Å². The van der Waals surface area contributed by atoms with Gasteiger partial charge in [-0.1, -0.05) is 13.8 Å². The molecule has 198 valence electrons. The van der Waals surface area contributed by atoms with E-state index in [9.17, 15) is 27.5 Å². The molecular formula is C26H23F4N5O3. The van der Waals surface area contributed by atoms with Gasteiger partial charge in [0.15, 0.2) is 5.65 Å².